The van der Waals surface area contributed by atoms with E-state index < -0.39 is 5.91 Å². The zero-order chi connectivity index (χ0) is 21.9. The highest BCUT2D eigenvalue weighted by Crippen LogP contribution is 2.33. The van der Waals surface area contributed by atoms with E-state index in [0.717, 1.165) is 21.9 Å². The van der Waals surface area contributed by atoms with Crippen LogP contribution < -0.4 is 5.32 Å². The zero-order valence-electron chi connectivity index (χ0n) is 16.9. The number of rotatable bonds is 4. The molecule has 0 atom stereocenters. The lowest BCUT2D eigenvalue weighted by atomic mass is 10.1. The van der Waals surface area contributed by atoms with Gasteiger partial charge in [0.1, 0.15) is 17.2 Å². The standard InChI is InChI=1S/C27H17N3O2/c28-17-20(16-18-8-2-1-3-9-18)26(31)29-23-13-7-6-12-22(23)27-30-24-15-14-19-10-4-5-11-21(19)25(24)32-27/h1-16H,(H,29,31). The Balaban J connectivity index is 1.52. The summed E-state index contributed by atoms with van der Waals surface area (Å²) in [6.07, 6.45) is 1.56. The van der Waals surface area contributed by atoms with E-state index in [1.54, 1.807) is 12.1 Å². The minimum Gasteiger partial charge on any atom is -0.435 e. The first-order valence-electron chi connectivity index (χ1n) is 10.1. The number of amides is 1. The summed E-state index contributed by atoms with van der Waals surface area (Å²) >= 11 is 0. The summed E-state index contributed by atoms with van der Waals surface area (Å²) in [5.41, 5.74) is 3.37. The Morgan fingerprint density at radius 2 is 1.66 bits per heavy atom. The molecule has 0 fully saturated rings. The smallest absolute Gasteiger partial charge is 0.266 e. The molecule has 5 aromatic rings. The third-order valence-electron chi connectivity index (χ3n) is 5.16. The van der Waals surface area contributed by atoms with Crippen LogP contribution in [0.3, 0.4) is 0 Å². The Labute approximate surface area is 184 Å². The molecule has 0 aliphatic rings. The van der Waals surface area contributed by atoms with Gasteiger partial charge in [0.05, 0.1) is 11.3 Å². The van der Waals surface area contributed by atoms with Crippen molar-refractivity contribution in [2.24, 2.45) is 0 Å². The van der Waals surface area contributed by atoms with Gasteiger partial charge in [-0.2, -0.15) is 5.26 Å². The van der Waals surface area contributed by atoms with Gasteiger partial charge in [0.15, 0.2) is 5.58 Å². The first-order valence-corrected chi connectivity index (χ1v) is 10.1. The summed E-state index contributed by atoms with van der Waals surface area (Å²) < 4.78 is 6.13. The third kappa shape index (κ3) is 3.62. The second-order valence-electron chi connectivity index (χ2n) is 7.23. The highest BCUT2D eigenvalue weighted by atomic mass is 16.3. The van der Waals surface area contributed by atoms with Crippen LogP contribution in [0.4, 0.5) is 5.69 Å². The topological polar surface area (TPSA) is 78.9 Å². The second-order valence-corrected chi connectivity index (χ2v) is 7.23. The maximum absolute atomic E-state index is 12.8. The summed E-state index contributed by atoms with van der Waals surface area (Å²) in [5, 5.41) is 14.4. The van der Waals surface area contributed by atoms with Gasteiger partial charge >= 0.3 is 0 Å². The number of carbonyl (C=O) groups excluding carboxylic acids is 1. The molecule has 4 aromatic carbocycles. The van der Waals surface area contributed by atoms with E-state index in [1.165, 1.54) is 0 Å². The summed E-state index contributed by atoms with van der Waals surface area (Å²) in [7, 11) is 0. The summed E-state index contributed by atoms with van der Waals surface area (Å²) in [6, 6.07) is 30.4. The Bertz CT molecular complexity index is 1530. The van der Waals surface area contributed by atoms with Crippen molar-refractivity contribution in [3.8, 4) is 17.5 Å². The van der Waals surface area contributed by atoms with Crippen molar-refractivity contribution in [2.45, 2.75) is 0 Å². The van der Waals surface area contributed by atoms with E-state index in [4.69, 9.17) is 4.42 Å². The average Bonchev–Trinajstić information content (AvgIpc) is 3.28. The molecule has 0 radical (unpaired) electrons. The lowest BCUT2D eigenvalue weighted by molar-refractivity contribution is -0.112. The average molecular weight is 415 g/mol. The van der Waals surface area contributed by atoms with Crippen LogP contribution in [0.2, 0.25) is 0 Å². The number of hydrogen-bond donors (Lipinski definition) is 1. The van der Waals surface area contributed by atoms with Crippen molar-refractivity contribution in [3.05, 3.63) is 102 Å². The largest absolute Gasteiger partial charge is 0.435 e. The fourth-order valence-corrected chi connectivity index (χ4v) is 3.60. The van der Waals surface area contributed by atoms with Gasteiger partial charge in [-0.05, 0) is 35.2 Å². The summed E-state index contributed by atoms with van der Waals surface area (Å²) in [5.74, 6) is -0.0943. The Kier molecular flexibility index (Phi) is 4.95. The van der Waals surface area contributed by atoms with Gasteiger partial charge in [0.2, 0.25) is 5.89 Å². The minimum absolute atomic E-state index is 0.00885. The number of anilines is 1. The molecule has 32 heavy (non-hydrogen) atoms. The number of nitrogens with one attached hydrogen (secondary N) is 1. The zero-order valence-corrected chi connectivity index (χ0v) is 16.9. The molecular formula is C27H17N3O2. The van der Waals surface area contributed by atoms with Crippen LogP contribution >= 0.6 is 0 Å². The van der Waals surface area contributed by atoms with E-state index in [2.05, 4.69) is 10.3 Å². The molecule has 1 heterocycles. The van der Waals surface area contributed by atoms with Gasteiger partial charge in [-0.3, -0.25) is 4.79 Å². The molecule has 1 amide bonds. The Morgan fingerprint density at radius 3 is 2.50 bits per heavy atom. The number of aromatic nitrogens is 1. The van der Waals surface area contributed by atoms with E-state index in [0.29, 0.717) is 22.7 Å². The molecule has 0 saturated heterocycles. The molecule has 1 N–H and O–H groups in total. The van der Waals surface area contributed by atoms with Gasteiger partial charge in [0.25, 0.3) is 5.91 Å². The maximum Gasteiger partial charge on any atom is 0.266 e. The van der Waals surface area contributed by atoms with Crippen molar-refractivity contribution >= 4 is 39.5 Å². The molecule has 0 spiro atoms. The molecular weight excluding hydrogens is 398 g/mol. The van der Waals surface area contributed by atoms with Crippen LogP contribution in [0, 0.1) is 11.3 Å². The van der Waals surface area contributed by atoms with E-state index in [1.807, 2.05) is 91.0 Å². The number of carbonyl (C=O) groups is 1. The molecule has 1 aromatic heterocycles. The van der Waals surface area contributed by atoms with Crippen LogP contribution in [-0.2, 0) is 4.79 Å². The summed E-state index contributed by atoms with van der Waals surface area (Å²) in [6.45, 7) is 0. The highest BCUT2D eigenvalue weighted by molar-refractivity contribution is 6.11. The Hall–Kier alpha value is -4.69. The number of nitriles is 1. The Morgan fingerprint density at radius 1 is 0.906 bits per heavy atom. The van der Waals surface area contributed by atoms with Crippen molar-refractivity contribution in [2.75, 3.05) is 5.32 Å². The van der Waals surface area contributed by atoms with Crippen LogP contribution in [-0.4, -0.2) is 10.9 Å². The molecule has 5 heteroatoms. The number of fused-ring (bicyclic) bond motifs is 3. The number of benzene rings is 4. The number of hydrogen-bond acceptors (Lipinski definition) is 4. The molecule has 152 valence electrons. The van der Waals surface area contributed by atoms with E-state index in [-0.39, 0.29) is 5.57 Å². The molecule has 0 aliphatic carbocycles. The van der Waals surface area contributed by atoms with Gasteiger partial charge in [-0.1, -0.05) is 72.8 Å². The van der Waals surface area contributed by atoms with Gasteiger partial charge in [-0.15, -0.1) is 0 Å². The van der Waals surface area contributed by atoms with Crippen molar-refractivity contribution in [3.63, 3.8) is 0 Å². The predicted octanol–water partition coefficient (Wildman–Crippen LogP) is 6.19. The highest BCUT2D eigenvalue weighted by Gasteiger charge is 2.17. The maximum atomic E-state index is 12.8. The lowest BCUT2D eigenvalue weighted by Gasteiger charge is -2.08. The molecule has 0 bridgehead atoms. The van der Waals surface area contributed by atoms with E-state index >= 15 is 0 Å². The second kappa shape index (κ2) is 8.21. The van der Waals surface area contributed by atoms with E-state index in [9.17, 15) is 10.1 Å². The molecule has 5 rings (SSSR count). The first kappa shape index (κ1) is 19.3. The molecule has 5 nitrogen and oxygen atoms in total. The SMILES string of the molecule is N#CC(=Cc1ccccc1)C(=O)Nc1ccccc1-c1nc2ccc3ccccc3c2o1. The lowest BCUT2D eigenvalue weighted by Crippen LogP contribution is -2.14. The number of nitrogens with zero attached hydrogens (tertiary/aromatic N) is 2. The van der Waals surface area contributed by atoms with Crippen molar-refractivity contribution < 1.29 is 9.21 Å². The molecule has 0 aliphatic heterocycles. The fourth-order valence-electron chi connectivity index (χ4n) is 3.60. The van der Waals surface area contributed by atoms with Crippen LogP contribution in [0.25, 0.3) is 39.4 Å². The number of oxazole rings is 1. The quantitative estimate of drug-likeness (QED) is 0.280. The summed E-state index contributed by atoms with van der Waals surface area (Å²) in [4.78, 5) is 17.5. The van der Waals surface area contributed by atoms with Gasteiger partial charge in [0, 0.05) is 5.39 Å². The van der Waals surface area contributed by atoms with Crippen molar-refractivity contribution in [1.29, 1.82) is 5.26 Å². The van der Waals surface area contributed by atoms with Crippen LogP contribution in [0.15, 0.2) is 101 Å². The predicted molar refractivity (Wildman–Crippen MR) is 126 cm³/mol. The van der Waals surface area contributed by atoms with Crippen molar-refractivity contribution in [1.82, 2.24) is 4.98 Å². The minimum atomic E-state index is -0.495. The van der Waals surface area contributed by atoms with Gasteiger partial charge in [-0.25, -0.2) is 4.98 Å². The van der Waals surface area contributed by atoms with Crippen LogP contribution in [0.1, 0.15) is 5.56 Å². The fraction of sp³-hybridized carbons (Fsp3) is 0. The normalized spacial score (nSPS) is 11.4. The monoisotopic (exact) mass is 415 g/mol. The number of para-hydroxylation sites is 1. The van der Waals surface area contributed by atoms with Crippen LogP contribution in [0.5, 0.6) is 0 Å². The molecule has 0 saturated carbocycles. The first-order chi connectivity index (χ1) is 15.7. The molecule has 0 unspecified atom stereocenters. The van der Waals surface area contributed by atoms with Gasteiger partial charge < -0.3 is 9.73 Å². The third-order valence-corrected chi connectivity index (χ3v) is 5.16.